The van der Waals surface area contributed by atoms with Crippen molar-refractivity contribution >= 4 is 15.8 Å². The Labute approximate surface area is 170 Å². The normalized spacial score (nSPS) is 17.1. The highest BCUT2D eigenvalue weighted by Crippen LogP contribution is 2.18. The van der Waals surface area contributed by atoms with Gasteiger partial charge in [-0.15, -0.1) is 0 Å². The fourth-order valence-corrected chi connectivity index (χ4v) is 4.76. The molecule has 6 nitrogen and oxygen atoms in total. The van der Waals surface area contributed by atoms with Crippen LogP contribution in [0.15, 0.2) is 28.1 Å². The summed E-state index contributed by atoms with van der Waals surface area (Å²) in [6.07, 6.45) is 3.83. The SMILES string of the molecule is CCNC(=NCc1ccc(S(C)(=O)=O)c(C)c1)NCC(C(C)C)N1CCCC1. The summed E-state index contributed by atoms with van der Waals surface area (Å²) in [5.74, 6) is 1.39. The number of benzene rings is 1. The van der Waals surface area contributed by atoms with E-state index < -0.39 is 9.84 Å². The minimum absolute atomic E-state index is 0.385. The number of hydrogen-bond acceptors (Lipinski definition) is 4. The Balaban J connectivity index is 2.04. The molecule has 0 radical (unpaired) electrons. The van der Waals surface area contributed by atoms with E-state index in [0.717, 1.165) is 30.2 Å². The molecule has 0 spiro atoms. The lowest BCUT2D eigenvalue weighted by atomic mass is 10.0. The first-order valence-electron chi connectivity index (χ1n) is 10.3. The van der Waals surface area contributed by atoms with Crippen LogP contribution < -0.4 is 10.6 Å². The third-order valence-electron chi connectivity index (χ3n) is 5.26. The smallest absolute Gasteiger partial charge is 0.191 e. The molecule has 1 aliphatic rings. The summed E-state index contributed by atoms with van der Waals surface area (Å²) < 4.78 is 23.6. The van der Waals surface area contributed by atoms with Crippen molar-refractivity contribution < 1.29 is 8.42 Å². The van der Waals surface area contributed by atoms with Crippen molar-refractivity contribution in [3.8, 4) is 0 Å². The summed E-state index contributed by atoms with van der Waals surface area (Å²) in [4.78, 5) is 7.66. The van der Waals surface area contributed by atoms with Gasteiger partial charge in [0.15, 0.2) is 15.8 Å². The van der Waals surface area contributed by atoms with E-state index in [4.69, 9.17) is 4.99 Å². The first kappa shape index (κ1) is 22.7. The van der Waals surface area contributed by atoms with Gasteiger partial charge < -0.3 is 10.6 Å². The molecule has 1 atom stereocenters. The van der Waals surface area contributed by atoms with Crippen molar-refractivity contribution in [2.45, 2.75) is 58.0 Å². The van der Waals surface area contributed by atoms with Gasteiger partial charge in [-0.3, -0.25) is 4.90 Å². The number of likely N-dealkylation sites (tertiary alicyclic amines) is 1. The zero-order chi connectivity index (χ0) is 20.7. The van der Waals surface area contributed by atoms with E-state index in [1.807, 2.05) is 19.1 Å². The summed E-state index contributed by atoms with van der Waals surface area (Å²) in [6.45, 7) is 13.0. The van der Waals surface area contributed by atoms with Crippen molar-refractivity contribution in [3.05, 3.63) is 29.3 Å². The molecule has 0 aliphatic carbocycles. The van der Waals surface area contributed by atoms with Crippen molar-refractivity contribution in [2.75, 3.05) is 32.4 Å². The molecule has 1 aromatic rings. The van der Waals surface area contributed by atoms with Gasteiger partial charge in [0.2, 0.25) is 0 Å². The zero-order valence-corrected chi connectivity index (χ0v) is 18.8. The van der Waals surface area contributed by atoms with Gasteiger partial charge in [0.25, 0.3) is 0 Å². The van der Waals surface area contributed by atoms with E-state index in [-0.39, 0.29) is 0 Å². The van der Waals surface area contributed by atoms with Gasteiger partial charge in [0.05, 0.1) is 11.4 Å². The molecule has 0 bridgehead atoms. The molecule has 1 unspecified atom stereocenters. The monoisotopic (exact) mass is 408 g/mol. The molecule has 1 saturated heterocycles. The van der Waals surface area contributed by atoms with Gasteiger partial charge in [-0.25, -0.2) is 13.4 Å². The number of guanidine groups is 1. The van der Waals surface area contributed by atoms with Gasteiger partial charge >= 0.3 is 0 Å². The molecule has 1 heterocycles. The predicted octanol–water partition coefficient (Wildman–Crippen LogP) is 2.57. The maximum atomic E-state index is 11.8. The summed E-state index contributed by atoms with van der Waals surface area (Å²) in [7, 11) is -3.19. The Morgan fingerprint density at radius 2 is 1.89 bits per heavy atom. The van der Waals surface area contributed by atoms with Crippen molar-refractivity contribution in [1.82, 2.24) is 15.5 Å². The quantitative estimate of drug-likeness (QED) is 0.511. The van der Waals surface area contributed by atoms with E-state index in [0.29, 0.717) is 23.4 Å². The van der Waals surface area contributed by atoms with E-state index in [9.17, 15) is 8.42 Å². The van der Waals surface area contributed by atoms with Crippen LogP contribution in [-0.4, -0.2) is 57.8 Å². The first-order chi connectivity index (χ1) is 13.2. The van der Waals surface area contributed by atoms with Crippen LogP contribution in [0.25, 0.3) is 0 Å². The van der Waals surface area contributed by atoms with Crippen LogP contribution in [0.1, 0.15) is 44.7 Å². The lowest BCUT2D eigenvalue weighted by Crippen LogP contribution is -2.48. The number of nitrogens with one attached hydrogen (secondary N) is 2. The molecular weight excluding hydrogens is 372 g/mol. The van der Waals surface area contributed by atoms with Crippen LogP contribution in [0.3, 0.4) is 0 Å². The molecule has 158 valence electrons. The molecule has 0 amide bonds. The summed E-state index contributed by atoms with van der Waals surface area (Å²) in [5.41, 5.74) is 1.77. The van der Waals surface area contributed by atoms with E-state index in [1.54, 1.807) is 6.07 Å². The van der Waals surface area contributed by atoms with Gasteiger partial charge in [0.1, 0.15) is 0 Å². The number of rotatable bonds is 8. The molecule has 28 heavy (non-hydrogen) atoms. The fraction of sp³-hybridized carbons (Fsp3) is 0.667. The van der Waals surface area contributed by atoms with E-state index >= 15 is 0 Å². The highest BCUT2D eigenvalue weighted by Gasteiger charge is 2.24. The Morgan fingerprint density at radius 1 is 1.21 bits per heavy atom. The average Bonchev–Trinajstić information content (AvgIpc) is 3.12. The number of sulfone groups is 1. The molecular formula is C21H36N4O2S. The molecule has 0 saturated carbocycles. The maximum absolute atomic E-state index is 11.8. The number of hydrogen-bond donors (Lipinski definition) is 2. The largest absolute Gasteiger partial charge is 0.357 e. The average molecular weight is 409 g/mol. The Bertz CT molecular complexity index is 769. The van der Waals surface area contributed by atoms with E-state index in [1.165, 1.54) is 32.2 Å². The van der Waals surface area contributed by atoms with Crippen molar-refractivity contribution in [2.24, 2.45) is 10.9 Å². The second kappa shape index (κ2) is 10.3. The minimum atomic E-state index is -3.19. The summed E-state index contributed by atoms with van der Waals surface area (Å²) in [5, 5.41) is 6.81. The topological polar surface area (TPSA) is 73.8 Å². The molecule has 2 N–H and O–H groups in total. The summed E-state index contributed by atoms with van der Waals surface area (Å²) >= 11 is 0. The summed E-state index contributed by atoms with van der Waals surface area (Å²) in [6, 6.07) is 5.93. The third kappa shape index (κ3) is 6.48. The standard InChI is InChI=1S/C21H36N4O2S/c1-6-22-21(24-15-19(16(2)3)25-11-7-8-12-25)23-14-18-9-10-20(17(4)13-18)28(5,26)27/h9-10,13,16,19H,6-8,11-12,14-15H2,1-5H3,(H2,22,23,24). The molecule has 2 rings (SSSR count). The lowest BCUT2D eigenvalue weighted by Gasteiger charge is -2.31. The van der Waals surface area contributed by atoms with Crippen molar-refractivity contribution in [1.29, 1.82) is 0 Å². The number of aryl methyl sites for hydroxylation is 1. The van der Waals surface area contributed by atoms with Gasteiger partial charge in [-0.1, -0.05) is 26.0 Å². The van der Waals surface area contributed by atoms with Crippen LogP contribution in [0.4, 0.5) is 0 Å². The molecule has 7 heteroatoms. The van der Waals surface area contributed by atoms with E-state index in [2.05, 4.69) is 36.3 Å². The number of aliphatic imine (C=N–C) groups is 1. The van der Waals surface area contributed by atoms with Gasteiger partial charge in [-0.05, 0) is 62.9 Å². The molecule has 1 aliphatic heterocycles. The van der Waals surface area contributed by atoms with Crippen LogP contribution in [0.5, 0.6) is 0 Å². The lowest BCUT2D eigenvalue weighted by molar-refractivity contribution is 0.192. The Hall–Kier alpha value is -1.60. The van der Waals surface area contributed by atoms with Crippen LogP contribution in [-0.2, 0) is 16.4 Å². The number of nitrogens with zero attached hydrogens (tertiary/aromatic N) is 2. The molecule has 1 aromatic carbocycles. The van der Waals surface area contributed by atoms with Crippen LogP contribution in [0.2, 0.25) is 0 Å². The second-order valence-electron chi connectivity index (χ2n) is 8.00. The third-order valence-corrected chi connectivity index (χ3v) is 6.52. The molecule has 1 fully saturated rings. The van der Waals surface area contributed by atoms with Gasteiger partial charge in [-0.2, -0.15) is 0 Å². The highest BCUT2D eigenvalue weighted by molar-refractivity contribution is 7.90. The van der Waals surface area contributed by atoms with Crippen LogP contribution >= 0.6 is 0 Å². The minimum Gasteiger partial charge on any atom is -0.357 e. The zero-order valence-electron chi connectivity index (χ0n) is 18.0. The highest BCUT2D eigenvalue weighted by atomic mass is 32.2. The molecule has 0 aromatic heterocycles. The van der Waals surface area contributed by atoms with Crippen LogP contribution in [0, 0.1) is 12.8 Å². The maximum Gasteiger partial charge on any atom is 0.191 e. The second-order valence-corrected chi connectivity index (χ2v) is 9.99. The Morgan fingerprint density at radius 3 is 2.43 bits per heavy atom. The Kier molecular flexibility index (Phi) is 8.31. The fourth-order valence-electron chi connectivity index (χ4n) is 3.80. The first-order valence-corrected chi connectivity index (χ1v) is 12.2. The van der Waals surface area contributed by atoms with Gasteiger partial charge in [0, 0.05) is 25.4 Å². The predicted molar refractivity (Wildman–Crippen MR) is 117 cm³/mol. The van der Waals surface area contributed by atoms with Crippen molar-refractivity contribution in [3.63, 3.8) is 0 Å².